The lowest BCUT2D eigenvalue weighted by atomic mass is 10.1. The number of amides is 1. The van der Waals surface area contributed by atoms with E-state index in [1.165, 1.54) is 11.6 Å². The molecule has 2 heterocycles. The highest BCUT2D eigenvalue weighted by Crippen LogP contribution is 2.24. The Morgan fingerprint density at radius 2 is 1.81 bits per heavy atom. The molecular weight excluding hydrogens is 412 g/mol. The molecule has 140 valence electrons. The molecule has 1 aromatic carbocycles. The van der Waals surface area contributed by atoms with Gasteiger partial charge in [-0.15, -0.1) is 0 Å². The van der Waals surface area contributed by atoms with Crippen molar-refractivity contribution in [1.82, 2.24) is 14.1 Å². The summed E-state index contributed by atoms with van der Waals surface area (Å²) in [6, 6.07) is 6.93. The van der Waals surface area contributed by atoms with Gasteiger partial charge in [0.2, 0.25) is 0 Å². The van der Waals surface area contributed by atoms with Crippen LogP contribution in [0.5, 0.6) is 0 Å². The Balaban J connectivity index is 2.24. The summed E-state index contributed by atoms with van der Waals surface area (Å²) in [5.41, 5.74) is 0.927. The number of hydrogen-bond donors (Lipinski definition) is 1. The van der Waals surface area contributed by atoms with Gasteiger partial charge < -0.3 is 5.32 Å². The van der Waals surface area contributed by atoms with Crippen LogP contribution < -0.4 is 16.6 Å². The van der Waals surface area contributed by atoms with Gasteiger partial charge in [0.25, 0.3) is 11.5 Å². The number of aryl methyl sites for hydroxylation is 2. The molecule has 0 bridgehead atoms. The van der Waals surface area contributed by atoms with E-state index in [0.717, 1.165) is 21.0 Å². The van der Waals surface area contributed by atoms with Gasteiger partial charge in [0, 0.05) is 30.3 Å². The van der Waals surface area contributed by atoms with Crippen molar-refractivity contribution >= 4 is 38.6 Å². The van der Waals surface area contributed by atoms with Gasteiger partial charge >= 0.3 is 5.69 Å². The average Bonchev–Trinajstić information content (AvgIpc) is 2.66. The fourth-order valence-electron chi connectivity index (χ4n) is 2.96. The summed E-state index contributed by atoms with van der Waals surface area (Å²) in [6.45, 7) is 2.00. The Bertz CT molecular complexity index is 1150. The number of aromatic nitrogens is 3. The number of carbonyl (C=O) groups excluding carboxylic acids is 1. The number of hydrogen-bond acceptors (Lipinski definition) is 4. The lowest BCUT2D eigenvalue weighted by Gasteiger charge is -2.15. The summed E-state index contributed by atoms with van der Waals surface area (Å²) in [6.07, 6.45) is 3.08. The minimum absolute atomic E-state index is 0.232. The van der Waals surface area contributed by atoms with Crippen LogP contribution in [0.2, 0.25) is 0 Å². The second-order valence-corrected chi connectivity index (χ2v) is 7.19. The maximum atomic E-state index is 12.8. The number of pyridine rings is 1. The number of nitrogens with one attached hydrogen (secondary N) is 1. The van der Waals surface area contributed by atoms with Crippen LogP contribution in [0.3, 0.4) is 0 Å². The summed E-state index contributed by atoms with van der Waals surface area (Å²) >= 11 is 3.34. The molecule has 27 heavy (non-hydrogen) atoms. The normalized spacial score (nSPS) is 11.0. The number of rotatable bonds is 4. The molecule has 1 amide bonds. The highest BCUT2D eigenvalue weighted by molar-refractivity contribution is 9.10. The van der Waals surface area contributed by atoms with Crippen LogP contribution in [0, 0.1) is 0 Å². The van der Waals surface area contributed by atoms with E-state index in [9.17, 15) is 14.4 Å². The molecule has 0 unspecified atom stereocenters. The van der Waals surface area contributed by atoms with Crippen LogP contribution >= 0.6 is 15.9 Å². The molecule has 2 aromatic heterocycles. The van der Waals surface area contributed by atoms with Crippen molar-refractivity contribution in [1.29, 1.82) is 0 Å². The Labute approximate surface area is 163 Å². The maximum absolute atomic E-state index is 12.8. The van der Waals surface area contributed by atoms with Gasteiger partial charge in [-0.2, -0.15) is 0 Å². The first-order valence-electron chi connectivity index (χ1n) is 8.49. The van der Waals surface area contributed by atoms with E-state index < -0.39 is 11.2 Å². The minimum atomic E-state index is -0.482. The van der Waals surface area contributed by atoms with E-state index >= 15 is 0 Å². The molecule has 0 aliphatic heterocycles. The fraction of sp³-hybridized carbons (Fsp3) is 0.263. The lowest BCUT2D eigenvalue weighted by molar-refractivity contribution is 0.102. The van der Waals surface area contributed by atoms with Crippen molar-refractivity contribution in [2.24, 2.45) is 14.1 Å². The number of anilines is 1. The third kappa shape index (κ3) is 3.44. The Hall–Kier alpha value is -2.74. The summed E-state index contributed by atoms with van der Waals surface area (Å²) < 4.78 is 3.19. The van der Waals surface area contributed by atoms with Crippen molar-refractivity contribution in [2.45, 2.75) is 19.8 Å². The summed E-state index contributed by atoms with van der Waals surface area (Å²) in [5, 5.41) is 3.10. The van der Waals surface area contributed by atoms with Gasteiger partial charge in [-0.25, -0.2) is 9.78 Å². The molecule has 0 aliphatic rings. The molecule has 0 saturated heterocycles. The third-order valence-corrected chi connectivity index (χ3v) is 4.94. The highest BCUT2D eigenvalue weighted by atomic mass is 79.9. The standard InChI is InChI=1S/C19H19BrN4O3/c1-4-5-12-10-21-16-14(18(26)24(3)19(27)23(16)2)15(12)22-17(25)11-6-8-13(20)9-7-11/h6-10H,4-5H2,1-3H3,(H,21,22,25). The van der Waals surface area contributed by atoms with Crippen LogP contribution in [-0.2, 0) is 20.5 Å². The van der Waals surface area contributed by atoms with E-state index in [1.807, 2.05) is 6.92 Å². The van der Waals surface area contributed by atoms with Gasteiger partial charge in [-0.3, -0.25) is 18.7 Å². The zero-order chi connectivity index (χ0) is 19.7. The molecule has 3 aromatic rings. The van der Waals surface area contributed by atoms with E-state index in [0.29, 0.717) is 17.7 Å². The van der Waals surface area contributed by atoms with Gasteiger partial charge in [-0.1, -0.05) is 29.3 Å². The van der Waals surface area contributed by atoms with Gasteiger partial charge in [-0.05, 0) is 36.2 Å². The van der Waals surface area contributed by atoms with Crippen LogP contribution in [0.25, 0.3) is 11.0 Å². The van der Waals surface area contributed by atoms with E-state index in [1.54, 1.807) is 37.5 Å². The first-order valence-corrected chi connectivity index (χ1v) is 9.29. The summed E-state index contributed by atoms with van der Waals surface area (Å²) in [5.74, 6) is -0.330. The van der Waals surface area contributed by atoms with Crippen molar-refractivity contribution in [2.75, 3.05) is 5.32 Å². The second kappa shape index (κ2) is 7.48. The molecular formula is C19H19BrN4O3. The van der Waals surface area contributed by atoms with Crippen molar-refractivity contribution in [3.05, 3.63) is 66.9 Å². The predicted octanol–water partition coefficient (Wildman–Crippen LogP) is 2.60. The number of nitrogens with zero attached hydrogens (tertiary/aromatic N) is 3. The number of benzene rings is 1. The molecule has 3 rings (SSSR count). The Morgan fingerprint density at radius 3 is 2.44 bits per heavy atom. The largest absolute Gasteiger partial charge is 0.332 e. The zero-order valence-corrected chi connectivity index (χ0v) is 16.8. The molecule has 0 atom stereocenters. The van der Waals surface area contributed by atoms with Crippen LogP contribution in [0.1, 0.15) is 29.3 Å². The Kier molecular flexibility index (Phi) is 5.27. The van der Waals surface area contributed by atoms with Gasteiger partial charge in [0.15, 0.2) is 5.65 Å². The van der Waals surface area contributed by atoms with Gasteiger partial charge in [0.1, 0.15) is 5.39 Å². The molecule has 1 N–H and O–H groups in total. The summed E-state index contributed by atoms with van der Waals surface area (Å²) in [7, 11) is 2.97. The topological polar surface area (TPSA) is 86.0 Å². The van der Waals surface area contributed by atoms with E-state index in [4.69, 9.17) is 0 Å². The molecule has 8 heteroatoms. The number of fused-ring (bicyclic) bond motifs is 1. The molecule has 0 spiro atoms. The third-order valence-electron chi connectivity index (χ3n) is 4.41. The average molecular weight is 431 g/mol. The molecule has 0 saturated carbocycles. The first kappa shape index (κ1) is 19.0. The van der Waals surface area contributed by atoms with Crippen LogP contribution in [0.15, 0.2) is 44.5 Å². The SMILES string of the molecule is CCCc1cnc2c(c1NC(=O)c1ccc(Br)cc1)c(=O)n(C)c(=O)n2C. The summed E-state index contributed by atoms with van der Waals surface area (Å²) in [4.78, 5) is 42.0. The van der Waals surface area contributed by atoms with E-state index in [-0.39, 0.29) is 16.9 Å². The molecule has 0 aliphatic carbocycles. The molecule has 7 nitrogen and oxygen atoms in total. The second-order valence-electron chi connectivity index (χ2n) is 6.27. The Morgan fingerprint density at radius 1 is 1.15 bits per heavy atom. The smallest absolute Gasteiger partial charge is 0.321 e. The monoisotopic (exact) mass is 430 g/mol. The molecule has 0 radical (unpaired) electrons. The lowest BCUT2D eigenvalue weighted by Crippen LogP contribution is -2.38. The number of halogens is 1. The van der Waals surface area contributed by atoms with E-state index in [2.05, 4.69) is 26.2 Å². The molecule has 0 fully saturated rings. The van der Waals surface area contributed by atoms with Crippen molar-refractivity contribution in [3.63, 3.8) is 0 Å². The maximum Gasteiger partial charge on any atom is 0.332 e. The predicted molar refractivity (Wildman–Crippen MR) is 108 cm³/mol. The van der Waals surface area contributed by atoms with Crippen molar-refractivity contribution in [3.8, 4) is 0 Å². The quantitative estimate of drug-likeness (QED) is 0.688. The highest BCUT2D eigenvalue weighted by Gasteiger charge is 2.19. The van der Waals surface area contributed by atoms with Crippen LogP contribution in [-0.4, -0.2) is 20.0 Å². The minimum Gasteiger partial charge on any atom is -0.321 e. The first-order chi connectivity index (χ1) is 12.8. The van der Waals surface area contributed by atoms with Gasteiger partial charge in [0.05, 0.1) is 5.69 Å². The zero-order valence-electron chi connectivity index (χ0n) is 15.2. The number of carbonyl (C=O) groups is 1. The van der Waals surface area contributed by atoms with Crippen molar-refractivity contribution < 1.29 is 4.79 Å². The van der Waals surface area contributed by atoms with Crippen LogP contribution in [0.4, 0.5) is 5.69 Å². The fourth-order valence-corrected chi connectivity index (χ4v) is 3.22.